The maximum absolute atomic E-state index is 5.32. The summed E-state index contributed by atoms with van der Waals surface area (Å²) in [7, 11) is 0. The van der Waals surface area contributed by atoms with Gasteiger partial charge in [0.2, 0.25) is 0 Å². The number of nitrogens with zero attached hydrogens (tertiary/aromatic N) is 2. The molecule has 0 fully saturated rings. The van der Waals surface area contributed by atoms with E-state index < -0.39 is 0 Å². The van der Waals surface area contributed by atoms with Crippen molar-refractivity contribution in [2.75, 3.05) is 0 Å². The van der Waals surface area contributed by atoms with Crippen molar-refractivity contribution in [3.05, 3.63) is 212 Å². The molecule has 8 aromatic carbocycles. The van der Waals surface area contributed by atoms with Crippen LogP contribution >= 0.6 is 0 Å². The molecule has 0 aliphatic heterocycles. The Morgan fingerprint density at radius 2 is 0.776 bits per heavy atom. The summed E-state index contributed by atoms with van der Waals surface area (Å²) in [4.78, 5) is 10.5. The Balaban J connectivity index is 0.00000215. The van der Waals surface area contributed by atoms with Crippen molar-refractivity contribution in [1.29, 1.82) is 0 Å². The van der Waals surface area contributed by atoms with Crippen molar-refractivity contribution in [1.82, 2.24) is 9.97 Å². The van der Waals surface area contributed by atoms with E-state index in [1.54, 1.807) is 0 Å². The minimum atomic E-state index is 0.706. The summed E-state index contributed by atoms with van der Waals surface area (Å²) < 4.78 is 0. The quantitative estimate of drug-likeness (QED) is 0.152. The van der Waals surface area contributed by atoms with Crippen LogP contribution in [0.1, 0.15) is 32.3 Å². The molecule has 0 radical (unpaired) electrons. The second-order valence-electron chi connectivity index (χ2n) is 14.4. The third-order valence-corrected chi connectivity index (χ3v) is 10.9. The lowest BCUT2D eigenvalue weighted by Gasteiger charge is -2.19. The van der Waals surface area contributed by atoms with Crippen molar-refractivity contribution in [2.24, 2.45) is 0 Å². The first-order chi connectivity index (χ1) is 28.8. The van der Waals surface area contributed by atoms with E-state index in [2.05, 4.69) is 200 Å². The maximum Gasteiger partial charge on any atom is 0.160 e. The lowest BCUT2D eigenvalue weighted by atomic mass is 9.84. The number of aromatic nitrogens is 2. The van der Waals surface area contributed by atoms with Crippen LogP contribution in [0.4, 0.5) is 0 Å². The monoisotopic (exact) mass is 744 g/mol. The Morgan fingerprint density at radius 3 is 1.33 bits per heavy atom. The summed E-state index contributed by atoms with van der Waals surface area (Å²) in [5.41, 5.74) is 14.5. The van der Waals surface area contributed by atoms with Crippen molar-refractivity contribution < 1.29 is 0 Å². The molecule has 0 spiro atoms. The second-order valence-corrected chi connectivity index (χ2v) is 14.4. The fraction of sp³-hybridized carbons (Fsp3) is 0.0714. The van der Waals surface area contributed by atoms with Gasteiger partial charge in [-0.25, -0.2) is 9.97 Å². The van der Waals surface area contributed by atoms with E-state index in [1.165, 1.54) is 60.5 Å². The Bertz CT molecular complexity index is 2870. The second kappa shape index (κ2) is 16.5. The average molecular weight is 745 g/mol. The Hall–Kier alpha value is -7.16. The van der Waals surface area contributed by atoms with E-state index in [4.69, 9.17) is 9.97 Å². The number of benzene rings is 8. The topological polar surface area (TPSA) is 25.8 Å². The molecular formula is C56H44N2. The highest BCUT2D eigenvalue weighted by Crippen LogP contribution is 2.45. The molecule has 1 aliphatic carbocycles. The van der Waals surface area contributed by atoms with Gasteiger partial charge in [0.1, 0.15) is 0 Å². The van der Waals surface area contributed by atoms with E-state index in [0.717, 1.165) is 46.5 Å². The first-order valence-electron chi connectivity index (χ1n) is 20.4. The van der Waals surface area contributed by atoms with Crippen LogP contribution in [0.15, 0.2) is 206 Å². The molecule has 0 saturated heterocycles. The molecule has 0 amide bonds. The minimum Gasteiger partial charge on any atom is -0.228 e. The van der Waals surface area contributed by atoms with Crippen molar-refractivity contribution in [2.45, 2.75) is 26.7 Å². The van der Waals surface area contributed by atoms with E-state index in [0.29, 0.717) is 5.82 Å². The standard InChI is InChI=1S/C54H38N2.C2H6/c1-5-17-37(18-6-1)39-29-31-40(32-30-39)50-36-51(56-54(55-50)42-23-11-4-12-24-42)44-33-43(38-19-7-2-8-20-38)34-45(35-44)53-48-27-15-13-25-46(48)52(41-21-9-3-10-22-41)47-26-14-16-28-49(47)53;1-2/h1,3-7,9-36H,2,8H2;1-2H3. The van der Waals surface area contributed by atoms with Crippen LogP contribution in [-0.4, -0.2) is 9.97 Å². The molecule has 0 atom stereocenters. The predicted molar refractivity (Wildman–Crippen MR) is 247 cm³/mol. The molecule has 2 heteroatoms. The Kier molecular flexibility index (Phi) is 10.4. The molecule has 278 valence electrons. The van der Waals surface area contributed by atoms with Gasteiger partial charge in [-0.05, 0) is 103 Å². The molecule has 2 nitrogen and oxygen atoms in total. The summed E-state index contributed by atoms with van der Waals surface area (Å²) in [5.74, 6) is 0.706. The highest BCUT2D eigenvalue weighted by molar-refractivity contribution is 6.21. The highest BCUT2D eigenvalue weighted by atomic mass is 14.9. The zero-order valence-corrected chi connectivity index (χ0v) is 32.9. The lowest BCUT2D eigenvalue weighted by Crippen LogP contribution is -1.98. The number of allylic oxidation sites excluding steroid dienone is 4. The highest BCUT2D eigenvalue weighted by Gasteiger charge is 2.19. The van der Waals surface area contributed by atoms with Gasteiger partial charge >= 0.3 is 0 Å². The van der Waals surface area contributed by atoms with E-state index in [-0.39, 0.29) is 0 Å². The Labute approximate surface area is 341 Å². The van der Waals surface area contributed by atoms with Crippen molar-refractivity contribution >= 4 is 27.1 Å². The van der Waals surface area contributed by atoms with Crippen molar-refractivity contribution in [3.8, 4) is 67.3 Å². The van der Waals surface area contributed by atoms with Crippen LogP contribution in [-0.2, 0) is 0 Å². The molecular weight excluding hydrogens is 701 g/mol. The van der Waals surface area contributed by atoms with Crippen LogP contribution in [0.3, 0.4) is 0 Å². The van der Waals surface area contributed by atoms with Crippen LogP contribution in [0.25, 0.3) is 94.4 Å². The maximum atomic E-state index is 5.32. The van der Waals surface area contributed by atoms with Gasteiger partial charge in [-0.3, -0.25) is 0 Å². The summed E-state index contributed by atoms with van der Waals surface area (Å²) >= 11 is 0. The fourth-order valence-corrected chi connectivity index (χ4v) is 8.19. The molecule has 0 unspecified atom stereocenters. The zero-order chi connectivity index (χ0) is 39.3. The molecule has 1 aliphatic rings. The summed E-state index contributed by atoms with van der Waals surface area (Å²) in [5, 5.41) is 4.94. The molecule has 0 N–H and O–H groups in total. The van der Waals surface area contributed by atoms with E-state index in [9.17, 15) is 0 Å². The number of fused-ring (bicyclic) bond motifs is 2. The van der Waals surface area contributed by atoms with Gasteiger partial charge in [-0.2, -0.15) is 0 Å². The van der Waals surface area contributed by atoms with Crippen molar-refractivity contribution in [3.63, 3.8) is 0 Å². The molecule has 9 aromatic rings. The van der Waals surface area contributed by atoms with Crippen LogP contribution < -0.4 is 0 Å². The van der Waals surface area contributed by atoms with Gasteiger partial charge in [0.05, 0.1) is 11.4 Å². The Morgan fingerprint density at radius 1 is 0.345 bits per heavy atom. The molecule has 58 heavy (non-hydrogen) atoms. The smallest absolute Gasteiger partial charge is 0.160 e. The first kappa shape index (κ1) is 36.5. The van der Waals surface area contributed by atoms with Gasteiger partial charge in [-0.15, -0.1) is 0 Å². The van der Waals surface area contributed by atoms with E-state index >= 15 is 0 Å². The summed E-state index contributed by atoms with van der Waals surface area (Å²) in [6.45, 7) is 4.00. The first-order valence-corrected chi connectivity index (χ1v) is 20.4. The summed E-state index contributed by atoms with van der Waals surface area (Å²) in [6.07, 6.45) is 9.02. The normalized spacial score (nSPS) is 12.2. The number of hydrogen-bond donors (Lipinski definition) is 0. The average Bonchev–Trinajstić information content (AvgIpc) is 3.32. The van der Waals surface area contributed by atoms with Gasteiger partial charge in [0.15, 0.2) is 5.82 Å². The van der Waals surface area contributed by atoms with Crippen LogP contribution in [0.2, 0.25) is 0 Å². The van der Waals surface area contributed by atoms with Gasteiger partial charge in [0, 0.05) is 16.7 Å². The molecule has 1 aromatic heterocycles. The summed E-state index contributed by atoms with van der Waals surface area (Å²) in [6, 6.07) is 67.3. The van der Waals surface area contributed by atoms with Crippen LogP contribution in [0, 0.1) is 0 Å². The predicted octanol–water partition coefficient (Wildman–Crippen LogP) is 15.5. The SMILES string of the molecule is C1=CC(c2cc(-c3cc(-c4ccc(-c5ccccc5)cc4)nc(-c4ccccc4)n3)cc(-c3c4ccccc4c(-c4ccccc4)c4ccccc34)c2)=CCC1.CC. The largest absolute Gasteiger partial charge is 0.228 e. The molecule has 0 bridgehead atoms. The van der Waals surface area contributed by atoms with Gasteiger partial charge < -0.3 is 0 Å². The van der Waals surface area contributed by atoms with Crippen LogP contribution in [0.5, 0.6) is 0 Å². The van der Waals surface area contributed by atoms with Gasteiger partial charge in [-0.1, -0.05) is 196 Å². The van der Waals surface area contributed by atoms with Gasteiger partial charge in [0.25, 0.3) is 0 Å². The lowest BCUT2D eigenvalue weighted by molar-refractivity contribution is 1.04. The third-order valence-electron chi connectivity index (χ3n) is 10.9. The number of rotatable bonds is 7. The number of hydrogen-bond acceptors (Lipinski definition) is 2. The fourth-order valence-electron chi connectivity index (χ4n) is 8.19. The third kappa shape index (κ3) is 7.17. The zero-order valence-electron chi connectivity index (χ0n) is 32.9. The molecule has 1 heterocycles. The minimum absolute atomic E-state index is 0.706. The molecule has 10 rings (SSSR count). The molecule has 0 saturated carbocycles. The van der Waals surface area contributed by atoms with E-state index in [1.807, 2.05) is 19.9 Å².